The van der Waals surface area contributed by atoms with Gasteiger partial charge in [0.05, 0.1) is 51.9 Å². The summed E-state index contributed by atoms with van der Waals surface area (Å²) in [5.41, 5.74) is 0. The first-order valence-electron chi connectivity index (χ1n) is 30.0. The van der Waals surface area contributed by atoms with Crippen LogP contribution >= 0.6 is 0 Å². The van der Waals surface area contributed by atoms with Crippen LogP contribution in [0.15, 0.2) is 0 Å². The van der Waals surface area contributed by atoms with Gasteiger partial charge in [-0.3, -0.25) is 33.7 Å². The zero-order chi connectivity index (χ0) is 54.7. The van der Waals surface area contributed by atoms with Crippen LogP contribution in [-0.4, -0.2) is 130 Å². The fourth-order valence-electron chi connectivity index (χ4n) is 9.55. The molecule has 2 aliphatic rings. The number of likely N-dealkylation sites (N-methyl/N-ethyl adjacent to an activating group) is 1. The van der Waals surface area contributed by atoms with Crippen LogP contribution in [0.4, 0.5) is 4.79 Å². The molecule has 2 saturated heterocycles. The van der Waals surface area contributed by atoms with Gasteiger partial charge in [-0.05, 0) is 58.5 Å². The van der Waals surface area contributed by atoms with Crippen molar-refractivity contribution in [2.75, 3.05) is 59.7 Å². The lowest BCUT2D eigenvalue weighted by atomic mass is 10.1. The van der Waals surface area contributed by atoms with Gasteiger partial charge in [0.1, 0.15) is 18.8 Å². The van der Waals surface area contributed by atoms with Gasteiger partial charge in [0, 0.05) is 50.5 Å². The molecule has 1 unspecified atom stereocenters. The van der Waals surface area contributed by atoms with Crippen molar-refractivity contribution in [2.45, 2.75) is 264 Å². The summed E-state index contributed by atoms with van der Waals surface area (Å²) in [6.07, 6.45) is 26.1. The molecule has 2 heterocycles. The standard InChI is InChI=1S/C59H104N2O14/c1-6-10-14-18-22-26-33-53(62)69-43-48(44-70-54(63)34-27-23-19-15-11-7-2)38-57(66)73-47-50-40-52(42-61(50)59(68)75-51-32-30-31-37-60(5)41-51)74-58(67)39-49(45-71-55(64)35-28-24-20-16-12-8-3)46-72-56(65)36-29-25-21-17-13-9-4/h48-52H,6-47H2,1-5H3/t50-,51?,52+/m1/s1. The van der Waals surface area contributed by atoms with Gasteiger partial charge in [-0.15, -0.1) is 0 Å². The molecule has 3 atom stereocenters. The Kier molecular flexibility index (Phi) is 39.5. The van der Waals surface area contributed by atoms with Crippen molar-refractivity contribution in [3.63, 3.8) is 0 Å². The molecule has 1 amide bonds. The van der Waals surface area contributed by atoms with Crippen LogP contribution in [0.5, 0.6) is 0 Å². The predicted octanol–water partition coefficient (Wildman–Crippen LogP) is 12.3. The minimum atomic E-state index is -0.776. The normalized spacial score (nSPS) is 16.9. The number of carbonyl (C=O) groups is 7. The summed E-state index contributed by atoms with van der Waals surface area (Å²) in [6.45, 7) is 9.37. The molecule has 0 aromatic carbocycles. The predicted molar refractivity (Wildman–Crippen MR) is 290 cm³/mol. The Bertz CT molecular complexity index is 1500. The quantitative estimate of drug-likeness (QED) is 0.0318. The lowest BCUT2D eigenvalue weighted by Gasteiger charge is -2.27. The highest BCUT2D eigenvalue weighted by molar-refractivity contribution is 5.73. The van der Waals surface area contributed by atoms with Crippen LogP contribution in [0, 0.1) is 11.8 Å². The van der Waals surface area contributed by atoms with E-state index < -0.39 is 42.0 Å². The highest BCUT2D eigenvalue weighted by Gasteiger charge is 2.40. The van der Waals surface area contributed by atoms with Crippen molar-refractivity contribution >= 4 is 41.9 Å². The summed E-state index contributed by atoms with van der Waals surface area (Å²) in [5.74, 6) is -4.02. The van der Waals surface area contributed by atoms with E-state index in [0.29, 0.717) is 38.6 Å². The van der Waals surface area contributed by atoms with E-state index in [-0.39, 0.29) is 115 Å². The molecular weight excluding hydrogens is 961 g/mol. The summed E-state index contributed by atoms with van der Waals surface area (Å²) in [7, 11) is 1.99. The van der Waals surface area contributed by atoms with Crippen molar-refractivity contribution in [3.8, 4) is 0 Å². The smallest absolute Gasteiger partial charge is 0.410 e. The van der Waals surface area contributed by atoms with Crippen molar-refractivity contribution in [1.29, 1.82) is 0 Å². The molecule has 75 heavy (non-hydrogen) atoms. The summed E-state index contributed by atoms with van der Waals surface area (Å²) in [4.78, 5) is 95.8. The Morgan fingerprint density at radius 3 is 1.23 bits per heavy atom. The van der Waals surface area contributed by atoms with Gasteiger partial charge >= 0.3 is 41.9 Å². The first-order chi connectivity index (χ1) is 36.4. The third-order valence-electron chi connectivity index (χ3n) is 14.2. The molecule has 0 aliphatic carbocycles. The van der Waals surface area contributed by atoms with E-state index in [1.807, 2.05) is 7.05 Å². The van der Waals surface area contributed by atoms with E-state index in [9.17, 15) is 33.6 Å². The van der Waals surface area contributed by atoms with Gasteiger partial charge in [-0.2, -0.15) is 0 Å². The largest absolute Gasteiger partial charge is 0.465 e. The average Bonchev–Trinajstić information content (AvgIpc) is 3.68. The number of hydrogen-bond donors (Lipinski definition) is 0. The molecule has 2 fully saturated rings. The molecule has 0 bridgehead atoms. The van der Waals surface area contributed by atoms with E-state index in [4.69, 9.17) is 33.2 Å². The maximum absolute atomic E-state index is 13.9. The Morgan fingerprint density at radius 1 is 0.427 bits per heavy atom. The molecule has 0 aromatic rings. The number of nitrogens with zero attached hydrogens (tertiary/aromatic N) is 2. The van der Waals surface area contributed by atoms with E-state index >= 15 is 0 Å². The number of ether oxygens (including phenoxy) is 7. The second-order valence-corrected chi connectivity index (χ2v) is 21.5. The van der Waals surface area contributed by atoms with Gasteiger partial charge in [-0.25, -0.2) is 4.79 Å². The third-order valence-corrected chi connectivity index (χ3v) is 14.2. The van der Waals surface area contributed by atoms with E-state index in [1.165, 1.54) is 4.90 Å². The molecular formula is C59H104N2O14. The second-order valence-electron chi connectivity index (χ2n) is 21.5. The molecule has 16 heteroatoms. The zero-order valence-corrected chi connectivity index (χ0v) is 47.7. The molecule has 434 valence electrons. The van der Waals surface area contributed by atoms with Gasteiger partial charge in [-0.1, -0.05) is 156 Å². The monoisotopic (exact) mass is 1060 g/mol. The van der Waals surface area contributed by atoms with E-state index in [1.54, 1.807) is 0 Å². The molecule has 0 aromatic heterocycles. The SMILES string of the molecule is CCCCCCCCC(=O)OCC(COC(=O)CCCCCCCC)CC(=O)OC[C@H]1C[C@H](OC(=O)CC(COC(=O)CCCCCCCC)COC(=O)CCCCCCCC)CN1C(=O)OC1CCCCN(C)C1. The fraction of sp³-hybridized carbons (Fsp3) is 0.881. The molecule has 16 nitrogen and oxygen atoms in total. The van der Waals surface area contributed by atoms with Crippen LogP contribution in [0.3, 0.4) is 0 Å². The van der Waals surface area contributed by atoms with E-state index in [0.717, 1.165) is 148 Å². The molecule has 0 saturated carbocycles. The number of carbonyl (C=O) groups excluding carboxylic acids is 7. The van der Waals surface area contributed by atoms with Crippen molar-refractivity contribution < 1.29 is 66.7 Å². The number of unbranched alkanes of at least 4 members (excludes halogenated alkanes) is 20. The van der Waals surface area contributed by atoms with Gasteiger partial charge in [0.15, 0.2) is 0 Å². The van der Waals surface area contributed by atoms with Crippen LogP contribution in [-0.2, 0) is 61.9 Å². The first-order valence-corrected chi connectivity index (χ1v) is 30.0. The van der Waals surface area contributed by atoms with Crippen molar-refractivity contribution in [2.24, 2.45) is 11.8 Å². The maximum atomic E-state index is 13.9. The number of likely N-dealkylation sites (tertiary alicyclic amines) is 2. The van der Waals surface area contributed by atoms with Gasteiger partial charge in [0.2, 0.25) is 0 Å². The Labute approximate surface area is 452 Å². The minimum absolute atomic E-state index is 0.00770. The third kappa shape index (κ3) is 35.2. The topological polar surface area (TPSA) is 191 Å². The summed E-state index contributed by atoms with van der Waals surface area (Å²) >= 11 is 0. The Morgan fingerprint density at radius 2 is 0.813 bits per heavy atom. The summed E-state index contributed by atoms with van der Waals surface area (Å²) in [6, 6.07) is -0.701. The number of amides is 1. The Balaban J connectivity index is 2.14. The zero-order valence-electron chi connectivity index (χ0n) is 47.7. The van der Waals surface area contributed by atoms with Gasteiger partial charge in [0.25, 0.3) is 0 Å². The van der Waals surface area contributed by atoms with Crippen LogP contribution in [0.25, 0.3) is 0 Å². The Hall–Kier alpha value is -3.95. The van der Waals surface area contributed by atoms with Crippen LogP contribution in [0.1, 0.15) is 246 Å². The molecule has 0 N–H and O–H groups in total. The second kappa shape index (κ2) is 44.1. The summed E-state index contributed by atoms with van der Waals surface area (Å²) in [5, 5.41) is 0. The van der Waals surface area contributed by atoms with Crippen molar-refractivity contribution in [1.82, 2.24) is 9.80 Å². The highest BCUT2D eigenvalue weighted by atomic mass is 16.6. The van der Waals surface area contributed by atoms with E-state index in [2.05, 4.69) is 32.6 Å². The lowest BCUT2D eigenvalue weighted by Crippen LogP contribution is -2.42. The van der Waals surface area contributed by atoms with Crippen LogP contribution in [0.2, 0.25) is 0 Å². The molecule has 0 spiro atoms. The molecule has 2 aliphatic heterocycles. The van der Waals surface area contributed by atoms with Crippen LogP contribution < -0.4 is 0 Å². The van der Waals surface area contributed by atoms with Gasteiger partial charge < -0.3 is 38.1 Å². The number of esters is 6. The minimum Gasteiger partial charge on any atom is -0.465 e. The number of hydrogen-bond acceptors (Lipinski definition) is 15. The fourth-order valence-corrected chi connectivity index (χ4v) is 9.55. The highest BCUT2D eigenvalue weighted by Crippen LogP contribution is 2.26. The lowest BCUT2D eigenvalue weighted by molar-refractivity contribution is -0.157. The first kappa shape index (κ1) is 67.2. The summed E-state index contributed by atoms with van der Waals surface area (Å²) < 4.78 is 40.3. The van der Waals surface area contributed by atoms with Crippen molar-refractivity contribution in [3.05, 3.63) is 0 Å². The average molecular weight is 1070 g/mol. The molecule has 2 rings (SSSR count). The molecule has 0 radical (unpaired) electrons. The maximum Gasteiger partial charge on any atom is 0.410 e. The number of rotatable bonds is 44.